The van der Waals surface area contributed by atoms with Crippen LogP contribution in [0.5, 0.6) is 0 Å². The summed E-state index contributed by atoms with van der Waals surface area (Å²) in [7, 11) is 0. The molecule has 2 rings (SSSR count). The first-order valence-electron chi connectivity index (χ1n) is 8.74. The quantitative estimate of drug-likeness (QED) is 0.712. The van der Waals surface area contributed by atoms with E-state index in [2.05, 4.69) is 0 Å². The van der Waals surface area contributed by atoms with Crippen molar-refractivity contribution in [3.05, 3.63) is 0 Å². The van der Waals surface area contributed by atoms with Gasteiger partial charge in [-0.1, -0.05) is 0 Å². The molecular formula is C17H30N3O4. The van der Waals surface area contributed by atoms with Crippen LogP contribution in [0.15, 0.2) is 0 Å². The topological polar surface area (TPSA) is 73.0 Å². The zero-order valence-electron chi connectivity index (χ0n) is 15.5. The van der Waals surface area contributed by atoms with Gasteiger partial charge in [0.25, 0.3) is 0 Å². The Morgan fingerprint density at radius 1 is 1.08 bits per heavy atom. The predicted octanol–water partition coefficient (Wildman–Crippen LogP) is 0.918. The molecule has 1 amide bonds. The largest absolute Gasteiger partial charge is 0.465 e. The number of hydroxylamine groups is 2. The minimum atomic E-state index is -0.692. The fraction of sp³-hybridized carbons (Fsp3) is 0.882. The standard InChI is InChI=1S/C17H30N3O4/c1-6-24-14(21)12-18-7-9-19(10-8-18)15(22)13-11-16(2,3)20(23)17(13,4)5/h13H,6-12H2,1-5H3. The average molecular weight is 340 g/mol. The van der Waals surface area contributed by atoms with Gasteiger partial charge >= 0.3 is 5.97 Å². The van der Waals surface area contributed by atoms with Crippen molar-refractivity contribution in [2.45, 2.75) is 52.1 Å². The summed E-state index contributed by atoms with van der Waals surface area (Å²) in [6.45, 7) is 12.4. The van der Waals surface area contributed by atoms with E-state index in [9.17, 15) is 14.8 Å². The zero-order chi connectivity index (χ0) is 18.1. The van der Waals surface area contributed by atoms with Gasteiger partial charge in [0.05, 0.1) is 24.6 Å². The Bertz CT molecular complexity index is 484. The third kappa shape index (κ3) is 3.73. The molecule has 0 aromatic rings. The van der Waals surface area contributed by atoms with E-state index in [1.807, 2.05) is 37.5 Å². The third-order valence-corrected chi connectivity index (χ3v) is 5.27. The number of piperazine rings is 1. The molecule has 0 aromatic heterocycles. The van der Waals surface area contributed by atoms with Crippen molar-refractivity contribution in [1.29, 1.82) is 0 Å². The lowest BCUT2D eigenvalue weighted by Gasteiger charge is -2.38. The second-order valence-corrected chi connectivity index (χ2v) is 7.92. The van der Waals surface area contributed by atoms with Gasteiger partial charge < -0.3 is 9.64 Å². The number of hydrogen-bond donors (Lipinski definition) is 0. The highest BCUT2D eigenvalue weighted by Gasteiger charge is 2.56. The van der Waals surface area contributed by atoms with Gasteiger partial charge in [0.2, 0.25) is 5.91 Å². The molecule has 2 aliphatic heterocycles. The molecule has 24 heavy (non-hydrogen) atoms. The molecule has 0 bridgehead atoms. The van der Waals surface area contributed by atoms with E-state index in [-0.39, 0.29) is 24.3 Å². The number of hydrogen-bond acceptors (Lipinski definition) is 5. The molecule has 2 saturated heterocycles. The van der Waals surface area contributed by atoms with Crippen LogP contribution in [0, 0.1) is 5.92 Å². The Balaban J connectivity index is 1.93. The summed E-state index contributed by atoms with van der Waals surface area (Å²) in [6, 6.07) is 0. The monoisotopic (exact) mass is 340 g/mol. The second-order valence-electron chi connectivity index (χ2n) is 7.92. The van der Waals surface area contributed by atoms with Crippen LogP contribution in [0.3, 0.4) is 0 Å². The van der Waals surface area contributed by atoms with Crippen molar-refractivity contribution < 1.29 is 19.5 Å². The van der Waals surface area contributed by atoms with E-state index in [4.69, 9.17) is 4.74 Å². The van der Waals surface area contributed by atoms with Crippen molar-refractivity contribution in [3.63, 3.8) is 0 Å². The maximum absolute atomic E-state index is 12.9. The normalized spacial score (nSPS) is 27.2. The third-order valence-electron chi connectivity index (χ3n) is 5.27. The molecule has 7 heteroatoms. The smallest absolute Gasteiger partial charge is 0.320 e. The van der Waals surface area contributed by atoms with Gasteiger partial charge in [-0.15, -0.1) is 10.3 Å². The minimum absolute atomic E-state index is 0.0576. The molecule has 1 atom stereocenters. The van der Waals surface area contributed by atoms with Crippen LogP contribution in [-0.2, 0) is 19.5 Å². The fourth-order valence-electron chi connectivity index (χ4n) is 3.88. The molecular weight excluding hydrogens is 310 g/mol. The molecule has 2 heterocycles. The Morgan fingerprint density at radius 3 is 2.12 bits per heavy atom. The fourth-order valence-corrected chi connectivity index (χ4v) is 3.88. The molecule has 0 saturated carbocycles. The van der Waals surface area contributed by atoms with Crippen LogP contribution in [0.2, 0.25) is 0 Å². The molecule has 0 aromatic carbocycles. The highest BCUT2D eigenvalue weighted by Crippen LogP contribution is 2.44. The van der Waals surface area contributed by atoms with Crippen molar-refractivity contribution in [2.24, 2.45) is 5.92 Å². The summed E-state index contributed by atoms with van der Waals surface area (Å²) in [5.41, 5.74) is -1.21. The lowest BCUT2D eigenvalue weighted by Crippen LogP contribution is -2.54. The van der Waals surface area contributed by atoms with E-state index in [1.165, 1.54) is 0 Å². The minimum Gasteiger partial charge on any atom is -0.465 e. The van der Waals surface area contributed by atoms with Crippen LogP contribution in [-0.4, -0.2) is 77.1 Å². The van der Waals surface area contributed by atoms with E-state index >= 15 is 0 Å². The van der Waals surface area contributed by atoms with E-state index in [1.54, 1.807) is 6.92 Å². The first kappa shape index (κ1) is 19.1. The Hall–Kier alpha value is -1.18. The molecule has 0 N–H and O–H groups in total. The number of esters is 1. The maximum atomic E-state index is 12.9. The molecule has 7 nitrogen and oxygen atoms in total. The van der Waals surface area contributed by atoms with Gasteiger partial charge in [-0.2, -0.15) is 0 Å². The van der Waals surface area contributed by atoms with Crippen molar-refractivity contribution >= 4 is 11.9 Å². The van der Waals surface area contributed by atoms with Gasteiger partial charge in [-0.25, -0.2) is 0 Å². The first-order chi connectivity index (χ1) is 11.1. The van der Waals surface area contributed by atoms with E-state index in [0.717, 1.165) is 5.06 Å². The number of ether oxygens (including phenoxy) is 1. The lowest BCUT2D eigenvalue weighted by molar-refractivity contribution is -0.248. The molecule has 2 aliphatic rings. The average Bonchev–Trinajstić information content (AvgIpc) is 2.67. The molecule has 137 valence electrons. The first-order valence-corrected chi connectivity index (χ1v) is 8.74. The SMILES string of the molecule is CCOC(=O)CN1CCN(C(=O)C2CC(C)(C)N([O])C2(C)C)CC1. The van der Waals surface area contributed by atoms with Crippen LogP contribution in [0.25, 0.3) is 0 Å². The van der Waals surface area contributed by atoms with Crippen LogP contribution in [0.4, 0.5) is 0 Å². The number of carbonyl (C=O) groups is 2. The molecule has 1 radical (unpaired) electrons. The highest BCUT2D eigenvalue weighted by molar-refractivity contribution is 5.81. The van der Waals surface area contributed by atoms with Crippen LogP contribution < -0.4 is 0 Å². The van der Waals surface area contributed by atoms with Crippen LogP contribution in [0.1, 0.15) is 41.0 Å². The summed E-state index contributed by atoms with van der Waals surface area (Å²) < 4.78 is 4.96. The van der Waals surface area contributed by atoms with Gasteiger partial charge in [-0.05, 0) is 41.0 Å². The molecule has 0 aliphatic carbocycles. The van der Waals surface area contributed by atoms with E-state index < -0.39 is 11.1 Å². The van der Waals surface area contributed by atoms with Gasteiger partial charge in [-0.3, -0.25) is 14.5 Å². The maximum Gasteiger partial charge on any atom is 0.320 e. The lowest BCUT2D eigenvalue weighted by atomic mass is 9.85. The summed E-state index contributed by atoms with van der Waals surface area (Å²) in [5.74, 6) is -0.457. The molecule has 2 fully saturated rings. The summed E-state index contributed by atoms with van der Waals surface area (Å²) in [4.78, 5) is 28.3. The van der Waals surface area contributed by atoms with Crippen LogP contribution >= 0.6 is 0 Å². The Labute approximate surface area is 144 Å². The molecule has 1 unspecified atom stereocenters. The van der Waals surface area contributed by atoms with Gasteiger partial charge in [0.1, 0.15) is 0 Å². The summed E-state index contributed by atoms with van der Waals surface area (Å²) in [5, 5.41) is 13.6. The highest BCUT2D eigenvalue weighted by atomic mass is 16.5. The summed E-state index contributed by atoms with van der Waals surface area (Å²) >= 11 is 0. The molecule has 0 spiro atoms. The van der Waals surface area contributed by atoms with Crippen molar-refractivity contribution in [3.8, 4) is 0 Å². The van der Waals surface area contributed by atoms with Crippen molar-refractivity contribution in [2.75, 3.05) is 39.3 Å². The number of rotatable bonds is 4. The zero-order valence-corrected chi connectivity index (χ0v) is 15.5. The summed E-state index contributed by atoms with van der Waals surface area (Å²) in [6.07, 6.45) is 0.575. The predicted molar refractivity (Wildman–Crippen MR) is 88.4 cm³/mol. The van der Waals surface area contributed by atoms with Crippen molar-refractivity contribution in [1.82, 2.24) is 14.9 Å². The van der Waals surface area contributed by atoms with Gasteiger partial charge in [0, 0.05) is 31.7 Å². The second kappa shape index (κ2) is 6.98. The number of carbonyl (C=O) groups excluding carboxylic acids is 2. The Morgan fingerprint density at radius 2 is 1.67 bits per heavy atom. The van der Waals surface area contributed by atoms with E-state index in [0.29, 0.717) is 39.2 Å². The number of nitrogens with zero attached hydrogens (tertiary/aromatic N) is 3. The number of amides is 1. The van der Waals surface area contributed by atoms with Gasteiger partial charge in [0.15, 0.2) is 0 Å². The Kier molecular flexibility index (Phi) is 5.57.